The van der Waals surface area contributed by atoms with Crippen LogP contribution < -0.4 is 10.4 Å². The molecule has 0 unspecified atom stereocenters. The van der Waals surface area contributed by atoms with Crippen molar-refractivity contribution in [1.29, 1.82) is 0 Å². The van der Waals surface area contributed by atoms with Gasteiger partial charge in [0.15, 0.2) is 0 Å². The second kappa shape index (κ2) is 7.00. The van der Waals surface area contributed by atoms with Crippen molar-refractivity contribution >= 4 is 49.4 Å². The second-order valence-corrected chi connectivity index (χ2v) is 8.79. The highest BCUT2D eigenvalue weighted by Gasteiger charge is 2.13. The highest BCUT2D eigenvalue weighted by molar-refractivity contribution is 9.10. The standard InChI is InChI=1S/C28H20BrN/c29-21-14-17-28-26(18-21)25-9-3-4-11-27(25)30(28)22-15-12-20(13-16-22)24-10-5-7-19-6-1-2-8-23(19)24/h1-4,6-9,11-18H,5,10H2. The minimum Gasteiger partial charge on any atom is -0.309 e. The van der Waals surface area contributed by atoms with Crippen LogP contribution in [-0.2, 0) is 0 Å². The molecule has 6 rings (SSSR count). The number of hydrogen-bond donors (Lipinski definition) is 0. The maximum atomic E-state index is 3.64. The molecule has 0 spiro atoms. The summed E-state index contributed by atoms with van der Waals surface area (Å²) in [5, 5.41) is 5.29. The predicted molar refractivity (Wildman–Crippen MR) is 130 cm³/mol. The number of para-hydroxylation sites is 1. The zero-order chi connectivity index (χ0) is 20.1. The summed E-state index contributed by atoms with van der Waals surface area (Å²) in [6.07, 6.45) is 4.55. The molecule has 2 heteroatoms. The average Bonchev–Trinajstić information content (AvgIpc) is 3.12. The highest BCUT2D eigenvalue weighted by Crippen LogP contribution is 2.34. The lowest BCUT2D eigenvalue weighted by Crippen LogP contribution is -2.29. The van der Waals surface area contributed by atoms with E-state index in [-0.39, 0.29) is 0 Å². The molecule has 4 aromatic carbocycles. The predicted octanol–water partition coefficient (Wildman–Crippen LogP) is 6.32. The Morgan fingerprint density at radius 1 is 0.700 bits per heavy atom. The van der Waals surface area contributed by atoms with Crippen molar-refractivity contribution in [3.8, 4) is 5.69 Å². The molecule has 1 aliphatic rings. The van der Waals surface area contributed by atoms with E-state index in [4.69, 9.17) is 0 Å². The van der Waals surface area contributed by atoms with Gasteiger partial charge in [-0.2, -0.15) is 0 Å². The monoisotopic (exact) mass is 449 g/mol. The fourth-order valence-corrected chi connectivity index (χ4v) is 5.15. The summed E-state index contributed by atoms with van der Waals surface area (Å²) >= 11 is 3.64. The Hall–Kier alpha value is -3.10. The van der Waals surface area contributed by atoms with E-state index in [1.54, 1.807) is 0 Å². The van der Waals surface area contributed by atoms with Crippen molar-refractivity contribution in [3.05, 3.63) is 111 Å². The number of hydrogen-bond acceptors (Lipinski definition) is 0. The summed E-state index contributed by atoms with van der Waals surface area (Å²) in [5.41, 5.74) is 6.44. The number of fused-ring (bicyclic) bond motifs is 4. The summed E-state index contributed by atoms with van der Waals surface area (Å²) in [6, 6.07) is 33.0. The molecule has 0 fully saturated rings. The molecular weight excluding hydrogens is 430 g/mol. The van der Waals surface area contributed by atoms with Gasteiger partial charge in [-0.1, -0.05) is 76.6 Å². The van der Waals surface area contributed by atoms with Crippen molar-refractivity contribution in [2.75, 3.05) is 0 Å². The Morgan fingerprint density at radius 2 is 1.47 bits per heavy atom. The third-order valence-corrected chi connectivity index (χ3v) is 6.65. The lowest BCUT2D eigenvalue weighted by Gasteiger charge is -2.13. The van der Waals surface area contributed by atoms with Gasteiger partial charge in [-0.3, -0.25) is 0 Å². The van der Waals surface area contributed by atoms with Gasteiger partial charge < -0.3 is 4.57 Å². The molecule has 1 heterocycles. The maximum absolute atomic E-state index is 3.64. The molecule has 0 bridgehead atoms. The van der Waals surface area contributed by atoms with Gasteiger partial charge in [-0.05, 0) is 70.8 Å². The fraction of sp³-hybridized carbons (Fsp3) is 0.0714. The smallest absolute Gasteiger partial charge is 0.0541 e. The van der Waals surface area contributed by atoms with Gasteiger partial charge in [0.25, 0.3) is 0 Å². The minimum absolute atomic E-state index is 1.10. The van der Waals surface area contributed by atoms with Gasteiger partial charge in [0.1, 0.15) is 0 Å². The average molecular weight is 450 g/mol. The first kappa shape index (κ1) is 17.7. The largest absolute Gasteiger partial charge is 0.309 e. The van der Waals surface area contributed by atoms with E-state index >= 15 is 0 Å². The van der Waals surface area contributed by atoms with E-state index in [9.17, 15) is 0 Å². The molecule has 0 saturated heterocycles. The number of nitrogens with zero attached hydrogens (tertiary/aromatic N) is 1. The van der Waals surface area contributed by atoms with Crippen molar-refractivity contribution in [3.63, 3.8) is 0 Å². The molecule has 30 heavy (non-hydrogen) atoms. The molecule has 0 amide bonds. The topological polar surface area (TPSA) is 4.93 Å². The molecule has 1 aromatic heterocycles. The van der Waals surface area contributed by atoms with Crippen LogP contribution >= 0.6 is 15.9 Å². The molecular formula is C28H20BrN. The van der Waals surface area contributed by atoms with Crippen LogP contribution in [0.25, 0.3) is 39.1 Å². The van der Waals surface area contributed by atoms with Gasteiger partial charge in [0.2, 0.25) is 0 Å². The molecule has 0 N–H and O–H groups in total. The lowest BCUT2D eigenvalue weighted by atomic mass is 9.93. The van der Waals surface area contributed by atoms with E-state index in [0.29, 0.717) is 0 Å². The Morgan fingerprint density at radius 3 is 2.37 bits per heavy atom. The summed E-state index contributed by atoms with van der Waals surface area (Å²) in [6.45, 7) is 0. The van der Waals surface area contributed by atoms with Crippen LogP contribution in [0.4, 0.5) is 0 Å². The quantitative estimate of drug-likeness (QED) is 0.297. The van der Waals surface area contributed by atoms with Gasteiger partial charge >= 0.3 is 0 Å². The summed E-state index contributed by atoms with van der Waals surface area (Å²) in [7, 11) is 0. The fourth-order valence-electron chi connectivity index (χ4n) is 4.79. The first-order chi connectivity index (χ1) is 14.8. The number of aromatic nitrogens is 1. The molecule has 0 radical (unpaired) electrons. The van der Waals surface area contributed by atoms with E-state index in [1.807, 2.05) is 0 Å². The Bertz CT molecular complexity index is 1540. The lowest BCUT2D eigenvalue weighted by molar-refractivity contribution is 1.07. The van der Waals surface area contributed by atoms with Gasteiger partial charge in [0.05, 0.1) is 11.0 Å². The zero-order valence-electron chi connectivity index (χ0n) is 16.5. The van der Waals surface area contributed by atoms with Gasteiger partial charge in [0, 0.05) is 20.9 Å². The molecule has 5 aromatic rings. The molecule has 1 nitrogen and oxygen atoms in total. The van der Waals surface area contributed by atoms with Crippen LogP contribution in [0.15, 0.2) is 95.5 Å². The first-order valence-electron chi connectivity index (χ1n) is 10.4. The number of rotatable bonds is 2. The van der Waals surface area contributed by atoms with Crippen molar-refractivity contribution < 1.29 is 0 Å². The number of halogens is 1. The Labute approximate surface area is 183 Å². The zero-order valence-corrected chi connectivity index (χ0v) is 18.1. The summed E-state index contributed by atoms with van der Waals surface area (Å²) in [5.74, 6) is 0. The number of benzene rings is 4. The van der Waals surface area contributed by atoms with E-state index < -0.39 is 0 Å². The second-order valence-electron chi connectivity index (χ2n) is 7.87. The van der Waals surface area contributed by atoms with Crippen molar-refractivity contribution in [1.82, 2.24) is 4.57 Å². The highest BCUT2D eigenvalue weighted by atomic mass is 79.9. The molecule has 0 saturated carbocycles. The van der Waals surface area contributed by atoms with Crippen LogP contribution in [0.1, 0.15) is 18.4 Å². The van der Waals surface area contributed by atoms with E-state index in [1.165, 1.54) is 49.1 Å². The normalized spacial score (nSPS) is 13.4. The summed E-state index contributed by atoms with van der Waals surface area (Å²) < 4.78 is 3.48. The van der Waals surface area contributed by atoms with Crippen LogP contribution in [0.2, 0.25) is 0 Å². The third kappa shape index (κ3) is 2.75. The minimum atomic E-state index is 1.10. The van der Waals surface area contributed by atoms with Gasteiger partial charge in [-0.15, -0.1) is 0 Å². The van der Waals surface area contributed by atoms with Crippen molar-refractivity contribution in [2.45, 2.75) is 12.8 Å². The van der Waals surface area contributed by atoms with E-state index in [2.05, 4.69) is 118 Å². The maximum Gasteiger partial charge on any atom is 0.0541 e. The SMILES string of the molecule is Brc1ccc2c(c1)c1ccccc1n2-c1ccc(C2=c3ccccc3=CCC2)cc1. The van der Waals surface area contributed by atoms with Crippen LogP contribution in [0, 0.1) is 0 Å². The molecule has 144 valence electrons. The van der Waals surface area contributed by atoms with Crippen LogP contribution in [0.3, 0.4) is 0 Å². The van der Waals surface area contributed by atoms with Crippen molar-refractivity contribution in [2.24, 2.45) is 0 Å². The van der Waals surface area contributed by atoms with Gasteiger partial charge in [-0.25, -0.2) is 0 Å². The Balaban J connectivity index is 1.56. The molecule has 1 aliphatic carbocycles. The Kier molecular flexibility index (Phi) is 4.14. The molecule has 0 atom stereocenters. The van der Waals surface area contributed by atoms with Crippen LogP contribution in [-0.4, -0.2) is 4.57 Å². The summed E-state index contributed by atoms with van der Waals surface area (Å²) in [4.78, 5) is 0. The third-order valence-electron chi connectivity index (χ3n) is 6.15. The first-order valence-corrected chi connectivity index (χ1v) is 11.2. The molecule has 0 aliphatic heterocycles. The van der Waals surface area contributed by atoms with Crippen LogP contribution in [0.5, 0.6) is 0 Å². The van der Waals surface area contributed by atoms with E-state index in [0.717, 1.165) is 17.3 Å².